The van der Waals surface area contributed by atoms with Crippen molar-refractivity contribution < 1.29 is 0 Å². The Morgan fingerprint density at radius 3 is 2.19 bits per heavy atom. The van der Waals surface area contributed by atoms with E-state index < -0.39 is 0 Å². The smallest absolute Gasteiger partial charge is 0.0304 e. The number of rotatable bonds is 5. The van der Waals surface area contributed by atoms with Crippen molar-refractivity contribution in [2.45, 2.75) is 69.7 Å². The van der Waals surface area contributed by atoms with Gasteiger partial charge in [0.15, 0.2) is 0 Å². The van der Waals surface area contributed by atoms with E-state index in [9.17, 15) is 0 Å². The van der Waals surface area contributed by atoms with Gasteiger partial charge in [0.25, 0.3) is 0 Å². The van der Waals surface area contributed by atoms with Crippen LogP contribution in [0.5, 0.6) is 0 Å². The summed E-state index contributed by atoms with van der Waals surface area (Å²) in [4.78, 5) is 0. The van der Waals surface area contributed by atoms with Crippen molar-refractivity contribution in [1.82, 2.24) is 5.32 Å². The lowest BCUT2D eigenvalue weighted by atomic mass is 9.82. The molecule has 0 saturated heterocycles. The Balaban J connectivity index is 1.73. The van der Waals surface area contributed by atoms with Gasteiger partial charge in [0.05, 0.1) is 0 Å². The fraction of sp³-hybridized carbons (Fsp3) is 1.00. The van der Waals surface area contributed by atoms with Crippen LogP contribution in [0.25, 0.3) is 0 Å². The molecule has 0 atom stereocenters. The molecule has 0 heterocycles. The van der Waals surface area contributed by atoms with Crippen LogP contribution < -0.4 is 11.1 Å². The van der Waals surface area contributed by atoms with E-state index in [0.717, 1.165) is 12.5 Å². The van der Waals surface area contributed by atoms with Gasteiger partial charge in [-0.05, 0) is 31.7 Å². The first-order chi connectivity index (χ1) is 7.85. The van der Waals surface area contributed by atoms with Crippen LogP contribution in [0.4, 0.5) is 0 Å². The van der Waals surface area contributed by atoms with E-state index in [2.05, 4.69) is 5.32 Å². The Hall–Kier alpha value is -0.0800. The average molecular weight is 224 g/mol. The monoisotopic (exact) mass is 224 g/mol. The largest absolute Gasteiger partial charge is 0.329 e. The van der Waals surface area contributed by atoms with Crippen molar-refractivity contribution in [3.63, 3.8) is 0 Å². The zero-order chi connectivity index (χ0) is 11.3. The van der Waals surface area contributed by atoms with Crippen LogP contribution in [0, 0.1) is 5.92 Å². The minimum absolute atomic E-state index is 0.292. The Morgan fingerprint density at radius 1 is 1.00 bits per heavy atom. The highest BCUT2D eigenvalue weighted by Gasteiger charge is 2.29. The van der Waals surface area contributed by atoms with E-state index >= 15 is 0 Å². The summed E-state index contributed by atoms with van der Waals surface area (Å²) < 4.78 is 0. The molecule has 2 aliphatic rings. The standard InChI is InChI=1S/C14H28N2/c15-12-14(9-3-1-2-4-10-14)16-11-8-13-6-5-7-13/h13,16H,1-12,15H2. The van der Waals surface area contributed by atoms with Crippen molar-refractivity contribution in [3.05, 3.63) is 0 Å². The zero-order valence-electron chi connectivity index (χ0n) is 10.6. The topological polar surface area (TPSA) is 38.0 Å². The van der Waals surface area contributed by atoms with Gasteiger partial charge in [0.1, 0.15) is 0 Å². The Kier molecular flexibility index (Phi) is 4.66. The highest BCUT2D eigenvalue weighted by atomic mass is 15.0. The predicted molar refractivity (Wildman–Crippen MR) is 69.4 cm³/mol. The highest BCUT2D eigenvalue weighted by molar-refractivity contribution is 4.90. The molecule has 0 amide bonds. The molecule has 2 rings (SSSR count). The second-order valence-corrected chi connectivity index (χ2v) is 5.91. The Morgan fingerprint density at radius 2 is 1.69 bits per heavy atom. The van der Waals surface area contributed by atoms with Crippen molar-refractivity contribution in [2.75, 3.05) is 13.1 Å². The number of nitrogens with one attached hydrogen (secondary N) is 1. The minimum atomic E-state index is 0.292. The molecule has 2 saturated carbocycles. The highest BCUT2D eigenvalue weighted by Crippen LogP contribution is 2.30. The molecule has 0 aliphatic heterocycles. The summed E-state index contributed by atoms with van der Waals surface area (Å²) >= 11 is 0. The quantitative estimate of drug-likeness (QED) is 0.705. The van der Waals surface area contributed by atoms with Crippen molar-refractivity contribution in [1.29, 1.82) is 0 Å². The van der Waals surface area contributed by atoms with Gasteiger partial charge in [-0.2, -0.15) is 0 Å². The lowest BCUT2D eigenvalue weighted by Crippen LogP contribution is -2.51. The summed E-state index contributed by atoms with van der Waals surface area (Å²) in [6.45, 7) is 2.03. The van der Waals surface area contributed by atoms with E-state index in [-0.39, 0.29) is 0 Å². The van der Waals surface area contributed by atoms with E-state index in [1.54, 1.807) is 0 Å². The molecule has 2 aliphatic carbocycles. The van der Waals surface area contributed by atoms with Crippen LogP contribution in [0.15, 0.2) is 0 Å². The van der Waals surface area contributed by atoms with Crippen molar-refractivity contribution in [3.8, 4) is 0 Å². The minimum Gasteiger partial charge on any atom is -0.329 e. The van der Waals surface area contributed by atoms with Crippen LogP contribution >= 0.6 is 0 Å². The molecule has 0 bridgehead atoms. The number of hydrogen-bond acceptors (Lipinski definition) is 2. The van der Waals surface area contributed by atoms with Gasteiger partial charge in [0, 0.05) is 12.1 Å². The third kappa shape index (κ3) is 3.21. The predicted octanol–water partition coefficient (Wildman–Crippen LogP) is 2.82. The molecule has 16 heavy (non-hydrogen) atoms. The molecule has 2 fully saturated rings. The van der Waals surface area contributed by atoms with E-state index in [1.165, 1.54) is 70.8 Å². The second kappa shape index (κ2) is 6.02. The van der Waals surface area contributed by atoms with Gasteiger partial charge in [-0.25, -0.2) is 0 Å². The molecule has 0 aromatic carbocycles. The fourth-order valence-electron chi connectivity index (χ4n) is 3.18. The van der Waals surface area contributed by atoms with E-state index in [4.69, 9.17) is 5.73 Å². The van der Waals surface area contributed by atoms with Gasteiger partial charge in [-0.3, -0.25) is 0 Å². The molecular weight excluding hydrogens is 196 g/mol. The molecule has 0 unspecified atom stereocenters. The van der Waals surface area contributed by atoms with E-state index in [0.29, 0.717) is 5.54 Å². The SMILES string of the molecule is NCC1(NCCC2CCC2)CCCCCC1. The first-order valence-electron chi connectivity index (χ1n) is 7.30. The summed E-state index contributed by atoms with van der Waals surface area (Å²) in [6.07, 6.45) is 13.9. The molecule has 2 nitrogen and oxygen atoms in total. The Bertz CT molecular complexity index is 191. The third-order valence-electron chi connectivity index (χ3n) is 4.73. The summed E-state index contributed by atoms with van der Waals surface area (Å²) in [5, 5.41) is 3.80. The zero-order valence-corrected chi connectivity index (χ0v) is 10.6. The molecule has 0 aromatic heterocycles. The van der Waals surface area contributed by atoms with Crippen LogP contribution in [-0.2, 0) is 0 Å². The second-order valence-electron chi connectivity index (χ2n) is 5.91. The maximum atomic E-state index is 6.01. The average Bonchev–Trinajstić information content (AvgIpc) is 2.48. The Labute approximate surface area is 100 Å². The van der Waals surface area contributed by atoms with Crippen LogP contribution in [0.2, 0.25) is 0 Å². The maximum absolute atomic E-state index is 6.01. The normalized spacial score (nSPS) is 26.1. The van der Waals surface area contributed by atoms with Crippen molar-refractivity contribution >= 4 is 0 Å². The number of nitrogens with two attached hydrogens (primary N) is 1. The van der Waals surface area contributed by atoms with Gasteiger partial charge in [-0.1, -0.05) is 44.9 Å². The summed E-state index contributed by atoms with van der Waals surface area (Å²) in [6, 6.07) is 0. The first-order valence-corrected chi connectivity index (χ1v) is 7.30. The molecule has 0 radical (unpaired) electrons. The first kappa shape index (κ1) is 12.4. The molecule has 0 aromatic rings. The van der Waals surface area contributed by atoms with Gasteiger partial charge in [0.2, 0.25) is 0 Å². The van der Waals surface area contributed by atoms with Gasteiger partial charge >= 0.3 is 0 Å². The molecular formula is C14H28N2. The van der Waals surface area contributed by atoms with Gasteiger partial charge < -0.3 is 11.1 Å². The van der Waals surface area contributed by atoms with Crippen molar-refractivity contribution in [2.24, 2.45) is 11.7 Å². The van der Waals surface area contributed by atoms with Crippen LogP contribution in [-0.4, -0.2) is 18.6 Å². The van der Waals surface area contributed by atoms with Gasteiger partial charge in [-0.15, -0.1) is 0 Å². The molecule has 94 valence electrons. The molecule has 3 N–H and O–H groups in total. The number of hydrogen-bond donors (Lipinski definition) is 2. The van der Waals surface area contributed by atoms with E-state index in [1.807, 2.05) is 0 Å². The lowest BCUT2D eigenvalue weighted by molar-refractivity contribution is 0.249. The summed E-state index contributed by atoms with van der Waals surface area (Å²) in [5.41, 5.74) is 6.30. The summed E-state index contributed by atoms with van der Waals surface area (Å²) in [7, 11) is 0. The molecule has 0 spiro atoms. The fourth-order valence-corrected chi connectivity index (χ4v) is 3.18. The van der Waals surface area contributed by atoms with Crippen LogP contribution in [0.1, 0.15) is 64.2 Å². The third-order valence-corrected chi connectivity index (χ3v) is 4.73. The summed E-state index contributed by atoms with van der Waals surface area (Å²) in [5.74, 6) is 1.02. The van der Waals surface area contributed by atoms with Crippen LogP contribution in [0.3, 0.4) is 0 Å². The molecule has 2 heteroatoms. The maximum Gasteiger partial charge on any atom is 0.0304 e. The lowest BCUT2D eigenvalue weighted by Gasteiger charge is -2.34.